The van der Waals surface area contributed by atoms with Crippen LogP contribution in [-0.4, -0.2) is 23.4 Å². The van der Waals surface area contributed by atoms with Crippen LogP contribution >= 0.6 is 0 Å². The molecule has 0 atom stereocenters. The molecule has 0 amide bonds. The fourth-order valence-corrected chi connectivity index (χ4v) is 7.73. The van der Waals surface area contributed by atoms with E-state index in [0.29, 0.717) is 6.54 Å². The van der Waals surface area contributed by atoms with E-state index in [2.05, 4.69) is 148 Å². The Morgan fingerprint density at radius 3 is 2.26 bits per heavy atom. The van der Waals surface area contributed by atoms with Crippen LogP contribution in [0.4, 0.5) is 11.4 Å². The van der Waals surface area contributed by atoms with Crippen molar-refractivity contribution in [3.05, 3.63) is 136 Å². The first-order valence-electron chi connectivity index (χ1n) is 17.6. The Labute approximate surface area is 282 Å². The molecule has 0 aromatic heterocycles. The van der Waals surface area contributed by atoms with Crippen LogP contribution in [0.5, 0.6) is 5.75 Å². The van der Waals surface area contributed by atoms with E-state index in [1.54, 1.807) is 0 Å². The van der Waals surface area contributed by atoms with Gasteiger partial charge in [0.05, 0.1) is 5.41 Å². The van der Waals surface area contributed by atoms with Gasteiger partial charge in [0, 0.05) is 54.0 Å². The molecule has 0 fully saturated rings. The molecule has 1 aliphatic carbocycles. The average molecular weight is 627 g/mol. The zero-order valence-electron chi connectivity index (χ0n) is 29.3. The minimum absolute atomic E-state index is 0.0779. The molecule has 2 aliphatic heterocycles. The summed E-state index contributed by atoms with van der Waals surface area (Å²) < 4.78 is 9.36. The largest absolute Gasteiger partial charge is 0.457 e. The van der Waals surface area contributed by atoms with E-state index in [9.17, 15) is 0 Å². The third kappa shape index (κ3) is 6.16. The van der Waals surface area contributed by atoms with Crippen molar-refractivity contribution >= 4 is 17.1 Å². The SMILES string of the molecule is CCCN1C(=CC=C2CCCC(C=CC3=[N+](CCC)c4ccccc4C3(C)C)=C2Oc2ccc(CN)cc2)C(C)(C)c2ccccc21. The normalized spacial score (nSPS) is 20.1. The van der Waals surface area contributed by atoms with Gasteiger partial charge in [-0.15, -0.1) is 0 Å². The highest BCUT2D eigenvalue weighted by Gasteiger charge is 2.44. The first-order chi connectivity index (χ1) is 22.7. The van der Waals surface area contributed by atoms with Crippen molar-refractivity contribution in [1.82, 2.24) is 0 Å². The van der Waals surface area contributed by atoms with Crippen molar-refractivity contribution in [2.75, 3.05) is 18.0 Å². The summed E-state index contributed by atoms with van der Waals surface area (Å²) in [5, 5.41) is 0. The zero-order valence-corrected chi connectivity index (χ0v) is 29.3. The van der Waals surface area contributed by atoms with Crippen LogP contribution in [-0.2, 0) is 17.4 Å². The quantitative estimate of drug-likeness (QED) is 0.228. The van der Waals surface area contributed by atoms with Crippen molar-refractivity contribution in [2.45, 2.75) is 91.0 Å². The Hall–Kier alpha value is -4.15. The van der Waals surface area contributed by atoms with Crippen LogP contribution in [0.15, 0.2) is 120 Å². The van der Waals surface area contributed by atoms with E-state index >= 15 is 0 Å². The summed E-state index contributed by atoms with van der Waals surface area (Å²) in [5.74, 6) is 1.83. The highest BCUT2D eigenvalue weighted by atomic mass is 16.5. The van der Waals surface area contributed by atoms with Crippen LogP contribution in [0.25, 0.3) is 0 Å². The molecular weight excluding hydrogens is 574 g/mol. The molecule has 0 bridgehead atoms. The summed E-state index contributed by atoms with van der Waals surface area (Å²) in [6, 6.07) is 26.0. The third-order valence-electron chi connectivity index (χ3n) is 10.2. The third-order valence-corrected chi connectivity index (χ3v) is 10.2. The summed E-state index contributed by atoms with van der Waals surface area (Å²) >= 11 is 0. The second-order valence-electron chi connectivity index (χ2n) is 14.2. The number of anilines is 1. The second kappa shape index (κ2) is 13.5. The van der Waals surface area contributed by atoms with Crippen LogP contribution in [0.1, 0.15) is 90.3 Å². The second-order valence-corrected chi connectivity index (χ2v) is 14.2. The van der Waals surface area contributed by atoms with E-state index < -0.39 is 0 Å². The Balaban J connectivity index is 1.44. The monoisotopic (exact) mass is 626 g/mol. The maximum atomic E-state index is 6.84. The van der Waals surface area contributed by atoms with Gasteiger partial charge in [-0.05, 0) is 92.2 Å². The Morgan fingerprint density at radius 2 is 1.53 bits per heavy atom. The maximum Gasteiger partial charge on any atom is 0.209 e. The summed E-state index contributed by atoms with van der Waals surface area (Å²) in [4.78, 5) is 2.52. The number of hydrogen-bond donors (Lipinski definition) is 1. The number of ether oxygens (including phenoxy) is 1. The number of fused-ring (bicyclic) bond motifs is 2. The molecule has 244 valence electrons. The Kier molecular flexibility index (Phi) is 9.43. The maximum absolute atomic E-state index is 6.84. The Morgan fingerprint density at radius 1 is 0.809 bits per heavy atom. The van der Waals surface area contributed by atoms with Crippen LogP contribution in [0, 0.1) is 0 Å². The van der Waals surface area contributed by atoms with Gasteiger partial charge in [0.2, 0.25) is 5.69 Å². The molecule has 0 unspecified atom stereocenters. The molecule has 3 aromatic carbocycles. The number of hydrogen-bond acceptors (Lipinski definition) is 3. The van der Waals surface area contributed by atoms with Gasteiger partial charge < -0.3 is 15.4 Å². The topological polar surface area (TPSA) is 41.5 Å². The van der Waals surface area contributed by atoms with Gasteiger partial charge >= 0.3 is 0 Å². The lowest BCUT2D eigenvalue weighted by atomic mass is 9.81. The molecule has 0 saturated carbocycles. The number of benzene rings is 3. The molecule has 3 aliphatic rings. The van der Waals surface area contributed by atoms with Crippen LogP contribution < -0.4 is 15.4 Å². The summed E-state index contributed by atoms with van der Waals surface area (Å²) in [5.41, 5.74) is 17.5. The first kappa shape index (κ1) is 32.8. The van der Waals surface area contributed by atoms with Gasteiger partial charge in [0.15, 0.2) is 5.71 Å². The standard InChI is InChI=1S/C43H52N3O/c1-7-28-45-37-18-11-9-16-35(37)42(3,4)39(45)26-22-32-14-13-15-33(41(32)47-34-24-20-31(30-44)21-25-34)23-27-40-43(5,6)36-17-10-12-19-38(36)46(40)29-8-2/h9-12,16-27H,7-8,13-15,28-30,44H2,1-6H3/q+1. The number of allylic oxidation sites excluding steroid dienone is 7. The molecule has 0 spiro atoms. The smallest absolute Gasteiger partial charge is 0.209 e. The molecule has 0 radical (unpaired) electrons. The van der Waals surface area contributed by atoms with E-state index in [4.69, 9.17) is 10.5 Å². The van der Waals surface area contributed by atoms with E-state index in [0.717, 1.165) is 62.3 Å². The molecule has 4 nitrogen and oxygen atoms in total. The zero-order chi connectivity index (χ0) is 33.2. The van der Waals surface area contributed by atoms with Gasteiger partial charge in [-0.1, -0.05) is 82.3 Å². The summed E-state index contributed by atoms with van der Waals surface area (Å²) in [6.07, 6.45) is 14.7. The highest BCUT2D eigenvalue weighted by molar-refractivity contribution is 6.03. The fraction of sp³-hybridized carbons (Fsp3) is 0.372. The fourth-order valence-electron chi connectivity index (χ4n) is 7.73. The predicted octanol–water partition coefficient (Wildman–Crippen LogP) is 10.0. The minimum atomic E-state index is -0.0779. The van der Waals surface area contributed by atoms with Crippen molar-refractivity contribution in [3.8, 4) is 5.75 Å². The highest BCUT2D eigenvalue weighted by Crippen LogP contribution is 2.48. The first-order valence-corrected chi connectivity index (χ1v) is 17.6. The Bertz CT molecular complexity index is 1780. The molecule has 3 aromatic rings. The molecule has 0 saturated heterocycles. The van der Waals surface area contributed by atoms with Gasteiger partial charge in [-0.25, -0.2) is 0 Å². The van der Waals surface area contributed by atoms with Crippen molar-refractivity contribution < 1.29 is 9.31 Å². The molecule has 6 rings (SSSR count). The lowest BCUT2D eigenvalue weighted by molar-refractivity contribution is -0.437. The number of nitrogens with two attached hydrogens (primary N) is 1. The van der Waals surface area contributed by atoms with Crippen LogP contribution in [0.3, 0.4) is 0 Å². The average Bonchev–Trinajstić information content (AvgIpc) is 3.42. The summed E-state index contributed by atoms with van der Waals surface area (Å²) in [6.45, 7) is 16.5. The summed E-state index contributed by atoms with van der Waals surface area (Å²) in [7, 11) is 0. The number of nitrogens with zero attached hydrogens (tertiary/aromatic N) is 2. The van der Waals surface area contributed by atoms with Crippen molar-refractivity contribution in [2.24, 2.45) is 5.73 Å². The molecule has 4 heteroatoms. The van der Waals surface area contributed by atoms with E-state index in [-0.39, 0.29) is 10.8 Å². The predicted molar refractivity (Wildman–Crippen MR) is 198 cm³/mol. The van der Waals surface area contributed by atoms with Gasteiger partial charge in [0.25, 0.3) is 0 Å². The van der Waals surface area contributed by atoms with E-state index in [1.165, 1.54) is 45.1 Å². The van der Waals surface area contributed by atoms with E-state index in [1.807, 2.05) is 0 Å². The minimum Gasteiger partial charge on any atom is -0.457 e. The lowest BCUT2D eigenvalue weighted by Gasteiger charge is -2.27. The van der Waals surface area contributed by atoms with Crippen molar-refractivity contribution in [3.63, 3.8) is 0 Å². The molecule has 2 heterocycles. The number of para-hydroxylation sites is 2. The lowest BCUT2D eigenvalue weighted by Crippen LogP contribution is -2.28. The van der Waals surface area contributed by atoms with Crippen LogP contribution in [0.2, 0.25) is 0 Å². The van der Waals surface area contributed by atoms with Gasteiger partial charge in [-0.3, -0.25) is 0 Å². The van der Waals surface area contributed by atoms with Gasteiger partial charge in [-0.2, -0.15) is 4.58 Å². The molecule has 2 N–H and O–H groups in total. The molecular formula is C43H52N3O+. The van der Waals surface area contributed by atoms with Crippen molar-refractivity contribution in [1.29, 1.82) is 0 Å². The molecule has 47 heavy (non-hydrogen) atoms. The van der Waals surface area contributed by atoms with Gasteiger partial charge in [0.1, 0.15) is 18.1 Å². The number of rotatable bonds is 10.